The van der Waals surface area contributed by atoms with Gasteiger partial charge in [0.2, 0.25) is 5.91 Å². The van der Waals surface area contributed by atoms with E-state index in [4.69, 9.17) is 5.11 Å². The maximum atomic E-state index is 12.0. The zero-order chi connectivity index (χ0) is 13.8. The summed E-state index contributed by atoms with van der Waals surface area (Å²) in [5.41, 5.74) is 1.17. The van der Waals surface area contributed by atoms with E-state index in [-0.39, 0.29) is 18.2 Å². The lowest BCUT2D eigenvalue weighted by Crippen LogP contribution is -2.27. The van der Waals surface area contributed by atoms with Crippen molar-refractivity contribution >= 4 is 29.3 Å². The van der Waals surface area contributed by atoms with Crippen LogP contribution in [0.4, 0.5) is 0 Å². The lowest BCUT2D eigenvalue weighted by Gasteiger charge is -2.13. The number of aliphatic carboxylic acids is 1. The van der Waals surface area contributed by atoms with Gasteiger partial charge in [-0.1, -0.05) is 0 Å². The monoisotopic (exact) mass is 279 g/mol. The van der Waals surface area contributed by atoms with Gasteiger partial charge in [0, 0.05) is 30.5 Å². The Kier molecular flexibility index (Phi) is 4.37. The molecule has 0 aliphatic carbocycles. The second-order valence-electron chi connectivity index (χ2n) is 4.84. The summed E-state index contributed by atoms with van der Waals surface area (Å²) in [6.45, 7) is 3.23. The molecule has 1 amide bonds. The number of amides is 1. The molecule has 1 saturated heterocycles. The smallest absolute Gasteiger partial charge is 0.303 e. The van der Waals surface area contributed by atoms with E-state index in [2.05, 4.69) is 0 Å². The van der Waals surface area contributed by atoms with Crippen LogP contribution in [0.2, 0.25) is 0 Å². The molecule has 1 aromatic heterocycles. The van der Waals surface area contributed by atoms with E-state index in [9.17, 15) is 9.59 Å². The Labute approximate surface area is 116 Å². The fraction of sp³-hybridized carbons (Fsp3) is 0.429. The normalized spacial score (nSPS) is 19.2. The molecule has 19 heavy (non-hydrogen) atoms. The molecule has 0 radical (unpaired) electrons. The first kappa shape index (κ1) is 13.8. The van der Waals surface area contributed by atoms with Gasteiger partial charge in [-0.05, 0) is 42.3 Å². The van der Waals surface area contributed by atoms with Crippen molar-refractivity contribution in [1.29, 1.82) is 0 Å². The van der Waals surface area contributed by atoms with Crippen molar-refractivity contribution in [2.75, 3.05) is 13.1 Å². The van der Waals surface area contributed by atoms with Crippen molar-refractivity contribution in [3.05, 3.63) is 28.0 Å². The summed E-state index contributed by atoms with van der Waals surface area (Å²) in [5, 5.41) is 10.7. The lowest BCUT2D eigenvalue weighted by molar-refractivity contribution is -0.138. The zero-order valence-electron chi connectivity index (χ0n) is 10.8. The van der Waals surface area contributed by atoms with Crippen LogP contribution in [0.15, 0.2) is 17.5 Å². The number of hydrogen-bond acceptors (Lipinski definition) is 3. The quantitative estimate of drug-likeness (QED) is 0.861. The van der Waals surface area contributed by atoms with Crippen molar-refractivity contribution in [2.45, 2.75) is 19.8 Å². The van der Waals surface area contributed by atoms with Gasteiger partial charge in [0.25, 0.3) is 0 Å². The molecule has 2 rings (SSSR count). The molecule has 1 unspecified atom stereocenters. The molecule has 1 aliphatic heterocycles. The third-order valence-electron chi connectivity index (χ3n) is 3.34. The predicted molar refractivity (Wildman–Crippen MR) is 75.0 cm³/mol. The molecule has 1 atom stereocenters. The molecular formula is C14H17NO3S. The van der Waals surface area contributed by atoms with Crippen molar-refractivity contribution in [3.63, 3.8) is 0 Å². The van der Waals surface area contributed by atoms with E-state index in [1.807, 2.05) is 24.4 Å². The first-order chi connectivity index (χ1) is 9.06. The summed E-state index contributed by atoms with van der Waals surface area (Å²) in [6.07, 6.45) is 4.36. The number of thiophene rings is 1. The number of hydrogen-bond donors (Lipinski definition) is 1. The van der Waals surface area contributed by atoms with E-state index >= 15 is 0 Å². The standard InChI is InChI=1S/C14H17NO3S/c1-10-5-7-19-12(10)2-3-13(16)15-6-4-11(9-15)8-14(17)18/h2-3,5,7,11H,4,6,8-9H2,1H3,(H,17,18). The van der Waals surface area contributed by atoms with Crippen LogP contribution in [0.1, 0.15) is 23.3 Å². The average molecular weight is 279 g/mol. The molecule has 1 N–H and O–H groups in total. The molecular weight excluding hydrogens is 262 g/mol. The van der Waals surface area contributed by atoms with Crippen LogP contribution in [0, 0.1) is 12.8 Å². The number of likely N-dealkylation sites (tertiary alicyclic amines) is 1. The van der Waals surface area contributed by atoms with Crippen LogP contribution < -0.4 is 0 Å². The summed E-state index contributed by atoms with van der Waals surface area (Å²) >= 11 is 1.61. The van der Waals surface area contributed by atoms with Crippen molar-refractivity contribution in [2.24, 2.45) is 5.92 Å². The first-order valence-corrected chi connectivity index (χ1v) is 7.17. The van der Waals surface area contributed by atoms with Crippen molar-refractivity contribution in [3.8, 4) is 0 Å². The van der Waals surface area contributed by atoms with E-state index in [1.54, 1.807) is 22.3 Å². The number of carbonyl (C=O) groups excluding carboxylic acids is 1. The SMILES string of the molecule is Cc1ccsc1C=CC(=O)N1CCC(CC(=O)O)C1. The second kappa shape index (κ2) is 6.02. The highest BCUT2D eigenvalue weighted by molar-refractivity contribution is 7.11. The molecule has 0 saturated carbocycles. The molecule has 1 fully saturated rings. The van der Waals surface area contributed by atoms with Gasteiger partial charge in [-0.25, -0.2) is 0 Å². The Bertz CT molecular complexity index is 507. The average Bonchev–Trinajstić information content (AvgIpc) is 2.95. The number of carboxylic acids is 1. The fourth-order valence-electron chi connectivity index (χ4n) is 2.25. The number of carboxylic acid groups (broad SMARTS) is 1. The molecule has 0 bridgehead atoms. The van der Waals surface area contributed by atoms with Crippen LogP contribution in [0.25, 0.3) is 6.08 Å². The molecule has 2 heterocycles. The van der Waals surface area contributed by atoms with Gasteiger partial charge in [0.05, 0.1) is 0 Å². The van der Waals surface area contributed by atoms with E-state index < -0.39 is 5.97 Å². The van der Waals surface area contributed by atoms with Gasteiger partial charge < -0.3 is 10.0 Å². The third-order valence-corrected chi connectivity index (χ3v) is 4.32. The van der Waals surface area contributed by atoms with Gasteiger partial charge in [0.1, 0.15) is 0 Å². The Balaban J connectivity index is 1.90. The number of nitrogens with zero attached hydrogens (tertiary/aromatic N) is 1. The fourth-order valence-corrected chi connectivity index (χ4v) is 3.07. The summed E-state index contributed by atoms with van der Waals surface area (Å²) < 4.78 is 0. The molecule has 0 aromatic carbocycles. The number of rotatable bonds is 4. The van der Waals surface area contributed by atoms with Crippen LogP contribution >= 0.6 is 11.3 Å². The van der Waals surface area contributed by atoms with Crippen LogP contribution in [-0.4, -0.2) is 35.0 Å². The van der Waals surface area contributed by atoms with Crippen LogP contribution in [0.5, 0.6) is 0 Å². The Morgan fingerprint density at radius 2 is 2.37 bits per heavy atom. The summed E-state index contributed by atoms with van der Waals surface area (Å²) in [7, 11) is 0. The minimum Gasteiger partial charge on any atom is -0.481 e. The predicted octanol–water partition coefficient (Wildman–Crippen LogP) is 2.39. The maximum Gasteiger partial charge on any atom is 0.303 e. The molecule has 5 heteroatoms. The Morgan fingerprint density at radius 3 is 3.00 bits per heavy atom. The van der Waals surface area contributed by atoms with Gasteiger partial charge in [-0.15, -0.1) is 11.3 Å². The minimum absolute atomic E-state index is 0.0271. The lowest BCUT2D eigenvalue weighted by atomic mass is 10.1. The van der Waals surface area contributed by atoms with Crippen molar-refractivity contribution < 1.29 is 14.7 Å². The largest absolute Gasteiger partial charge is 0.481 e. The number of carbonyl (C=O) groups is 2. The number of aryl methyl sites for hydroxylation is 1. The molecule has 1 aromatic rings. The summed E-state index contributed by atoms with van der Waals surface area (Å²) in [6, 6.07) is 2.02. The second-order valence-corrected chi connectivity index (χ2v) is 5.79. The van der Waals surface area contributed by atoms with Gasteiger partial charge in [-0.3, -0.25) is 9.59 Å². The Morgan fingerprint density at radius 1 is 1.58 bits per heavy atom. The van der Waals surface area contributed by atoms with Gasteiger partial charge in [0.15, 0.2) is 0 Å². The van der Waals surface area contributed by atoms with Gasteiger partial charge in [-0.2, -0.15) is 0 Å². The van der Waals surface area contributed by atoms with Crippen molar-refractivity contribution in [1.82, 2.24) is 4.90 Å². The van der Waals surface area contributed by atoms with E-state index in [1.165, 1.54) is 5.56 Å². The molecule has 1 aliphatic rings. The highest BCUT2D eigenvalue weighted by atomic mass is 32.1. The molecule has 0 spiro atoms. The molecule has 102 valence electrons. The maximum absolute atomic E-state index is 12.0. The molecule has 4 nitrogen and oxygen atoms in total. The van der Waals surface area contributed by atoms with Crippen LogP contribution in [0.3, 0.4) is 0 Å². The highest BCUT2D eigenvalue weighted by Crippen LogP contribution is 2.21. The van der Waals surface area contributed by atoms with E-state index in [0.717, 1.165) is 11.3 Å². The minimum atomic E-state index is -0.788. The first-order valence-electron chi connectivity index (χ1n) is 6.29. The van der Waals surface area contributed by atoms with Crippen LogP contribution in [-0.2, 0) is 9.59 Å². The highest BCUT2D eigenvalue weighted by Gasteiger charge is 2.26. The Hall–Kier alpha value is -1.62. The summed E-state index contributed by atoms with van der Waals surface area (Å²) in [5.74, 6) is -0.719. The van der Waals surface area contributed by atoms with Gasteiger partial charge >= 0.3 is 5.97 Å². The third kappa shape index (κ3) is 3.67. The van der Waals surface area contributed by atoms with E-state index in [0.29, 0.717) is 13.1 Å². The summed E-state index contributed by atoms with van der Waals surface area (Å²) in [4.78, 5) is 25.4. The zero-order valence-corrected chi connectivity index (χ0v) is 11.7. The topological polar surface area (TPSA) is 57.6 Å².